The predicted molar refractivity (Wildman–Crippen MR) is 69.8 cm³/mol. The largest absolute Gasteiger partial charge is 0.363 e. The highest BCUT2D eigenvalue weighted by Gasteiger charge is 2.42. The second-order valence-electron chi connectivity index (χ2n) is 5.41. The van der Waals surface area contributed by atoms with Crippen LogP contribution in [0.1, 0.15) is 25.0 Å². The Morgan fingerprint density at radius 3 is 2.44 bits per heavy atom. The maximum absolute atomic E-state index is 12.6. The van der Waals surface area contributed by atoms with Crippen molar-refractivity contribution >= 4 is 10.0 Å². The van der Waals surface area contributed by atoms with Crippen molar-refractivity contribution in [2.24, 2.45) is 0 Å². The SMILES string of the molecule is Cc1ccc(S(=O)(=O)N2COCC2(C)C)c(C)c1. The molecule has 0 bridgehead atoms. The van der Waals surface area contributed by atoms with Crippen molar-refractivity contribution in [2.75, 3.05) is 13.3 Å². The first-order valence-corrected chi connectivity index (χ1v) is 7.37. The van der Waals surface area contributed by atoms with E-state index in [9.17, 15) is 8.42 Å². The van der Waals surface area contributed by atoms with Gasteiger partial charge in [0.25, 0.3) is 0 Å². The molecule has 0 atom stereocenters. The van der Waals surface area contributed by atoms with Crippen molar-refractivity contribution < 1.29 is 13.2 Å². The lowest BCUT2D eigenvalue weighted by atomic mass is 10.1. The summed E-state index contributed by atoms with van der Waals surface area (Å²) in [5.74, 6) is 0. The molecule has 1 saturated heterocycles. The molecule has 0 aromatic heterocycles. The molecule has 1 aromatic rings. The van der Waals surface area contributed by atoms with Crippen molar-refractivity contribution in [3.8, 4) is 0 Å². The Morgan fingerprint density at radius 2 is 1.94 bits per heavy atom. The molecule has 5 heteroatoms. The lowest BCUT2D eigenvalue weighted by Crippen LogP contribution is -2.44. The third-order valence-corrected chi connectivity index (χ3v) is 5.43. The number of aryl methyl sites for hydroxylation is 2. The molecule has 4 nitrogen and oxygen atoms in total. The molecule has 0 unspecified atom stereocenters. The minimum atomic E-state index is -3.49. The predicted octanol–water partition coefficient (Wildman–Crippen LogP) is 2.06. The molecule has 2 rings (SSSR count). The monoisotopic (exact) mass is 269 g/mol. The first kappa shape index (κ1) is 13.5. The van der Waals surface area contributed by atoms with Gasteiger partial charge in [0.05, 0.1) is 17.0 Å². The number of sulfonamides is 1. The molecule has 0 saturated carbocycles. The lowest BCUT2D eigenvalue weighted by Gasteiger charge is -2.28. The van der Waals surface area contributed by atoms with Gasteiger partial charge in [-0.25, -0.2) is 8.42 Å². The van der Waals surface area contributed by atoms with Crippen LogP contribution in [0.15, 0.2) is 23.1 Å². The van der Waals surface area contributed by atoms with Crippen molar-refractivity contribution in [3.63, 3.8) is 0 Å². The third kappa shape index (κ3) is 2.18. The van der Waals surface area contributed by atoms with E-state index in [1.165, 1.54) is 4.31 Å². The molecule has 100 valence electrons. The maximum Gasteiger partial charge on any atom is 0.245 e. The Labute approximate surface area is 109 Å². The van der Waals surface area contributed by atoms with Gasteiger partial charge in [0.2, 0.25) is 10.0 Å². The molecule has 0 N–H and O–H groups in total. The number of ether oxygens (including phenoxy) is 1. The maximum atomic E-state index is 12.6. The molecular weight excluding hydrogens is 250 g/mol. The summed E-state index contributed by atoms with van der Waals surface area (Å²) < 4.78 is 32.0. The lowest BCUT2D eigenvalue weighted by molar-refractivity contribution is 0.171. The molecule has 1 aromatic carbocycles. The van der Waals surface area contributed by atoms with Crippen molar-refractivity contribution in [3.05, 3.63) is 29.3 Å². The second-order valence-corrected chi connectivity index (χ2v) is 7.24. The Kier molecular flexibility index (Phi) is 3.25. The summed E-state index contributed by atoms with van der Waals surface area (Å²) >= 11 is 0. The van der Waals surface area contributed by atoms with Gasteiger partial charge in [-0.05, 0) is 39.3 Å². The quantitative estimate of drug-likeness (QED) is 0.825. The van der Waals surface area contributed by atoms with Crippen LogP contribution in [-0.2, 0) is 14.8 Å². The highest BCUT2D eigenvalue weighted by Crippen LogP contribution is 2.30. The van der Waals surface area contributed by atoms with Crippen LogP contribution >= 0.6 is 0 Å². The van der Waals surface area contributed by atoms with Crippen LogP contribution in [0.5, 0.6) is 0 Å². The Bertz CT molecular complexity index is 564. The number of rotatable bonds is 2. The van der Waals surface area contributed by atoms with Gasteiger partial charge in [-0.1, -0.05) is 17.7 Å². The van der Waals surface area contributed by atoms with E-state index in [4.69, 9.17) is 4.74 Å². The topological polar surface area (TPSA) is 46.6 Å². The van der Waals surface area contributed by atoms with E-state index in [1.54, 1.807) is 6.07 Å². The zero-order chi connectivity index (χ0) is 13.6. The van der Waals surface area contributed by atoms with Crippen LogP contribution in [0.4, 0.5) is 0 Å². The number of hydrogen-bond donors (Lipinski definition) is 0. The van der Waals surface area contributed by atoms with Crippen LogP contribution in [0.25, 0.3) is 0 Å². The molecule has 0 radical (unpaired) electrons. The fourth-order valence-electron chi connectivity index (χ4n) is 2.23. The highest BCUT2D eigenvalue weighted by molar-refractivity contribution is 7.89. The average Bonchev–Trinajstić information content (AvgIpc) is 2.58. The van der Waals surface area contributed by atoms with Crippen molar-refractivity contribution in [1.29, 1.82) is 0 Å². The summed E-state index contributed by atoms with van der Waals surface area (Å²) in [7, 11) is -3.49. The van der Waals surface area contributed by atoms with Crippen LogP contribution < -0.4 is 0 Å². The Hall–Kier alpha value is -0.910. The smallest absolute Gasteiger partial charge is 0.245 e. The molecule has 1 heterocycles. The van der Waals surface area contributed by atoms with E-state index >= 15 is 0 Å². The minimum absolute atomic E-state index is 0.128. The van der Waals surface area contributed by atoms with E-state index < -0.39 is 15.6 Å². The van der Waals surface area contributed by atoms with Crippen LogP contribution in [0.3, 0.4) is 0 Å². The normalized spacial score (nSPS) is 20.2. The number of hydrogen-bond acceptors (Lipinski definition) is 3. The molecule has 0 spiro atoms. The van der Waals surface area contributed by atoms with Gasteiger partial charge in [-0.2, -0.15) is 4.31 Å². The van der Waals surface area contributed by atoms with Crippen LogP contribution in [0, 0.1) is 13.8 Å². The molecule has 1 aliphatic heterocycles. The summed E-state index contributed by atoms with van der Waals surface area (Å²) in [4.78, 5) is 0.367. The number of benzene rings is 1. The van der Waals surface area contributed by atoms with Gasteiger partial charge in [0.1, 0.15) is 6.73 Å². The van der Waals surface area contributed by atoms with Gasteiger partial charge in [-0.15, -0.1) is 0 Å². The molecule has 0 aliphatic carbocycles. The van der Waals surface area contributed by atoms with Gasteiger partial charge in [-0.3, -0.25) is 0 Å². The summed E-state index contributed by atoms with van der Waals surface area (Å²) in [6, 6.07) is 5.38. The summed E-state index contributed by atoms with van der Waals surface area (Å²) in [5.41, 5.74) is 1.34. The van der Waals surface area contributed by atoms with Crippen LogP contribution in [0.2, 0.25) is 0 Å². The molecule has 1 aliphatic rings. The van der Waals surface area contributed by atoms with E-state index in [1.807, 2.05) is 39.8 Å². The Balaban J connectivity index is 2.49. The zero-order valence-corrected chi connectivity index (χ0v) is 12.0. The van der Waals surface area contributed by atoms with Crippen molar-refractivity contribution in [1.82, 2.24) is 4.31 Å². The van der Waals surface area contributed by atoms with Gasteiger partial charge in [0, 0.05) is 0 Å². The Morgan fingerprint density at radius 1 is 1.28 bits per heavy atom. The minimum Gasteiger partial charge on any atom is -0.363 e. The first-order valence-electron chi connectivity index (χ1n) is 5.93. The van der Waals surface area contributed by atoms with Gasteiger partial charge in [0.15, 0.2) is 0 Å². The molecule has 18 heavy (non-hydrogen) atoms. The number of nitrogens with zero attached hydrogens (tertiary/aromatic N) is 1. The van der Waals surface area contributed by atoms with E-state index in [0.29, 0.717) is 11.5 Å². The average molecular weight is 269 g/mol. The highest BCUT2D eigenvalue weighted by atomic mass is 32.2. The second kappa shape index (κ2) is 4.33. The van der Waals surface area contributed by atoms with E-state index in [0.717, 1.165) is 11.1 Å². The fraction of sp³-hybridized carbons (Fsp3) is 0.538. The molecule has 0 amide bonds. The summed E-state index contributed by atoms with van der Waals surface area (Å²) in [6.45, 7) is 8.08. The van der Waals surface area contributed by atoms with Gasteiger partial charge < -0.3 is 4.74 Å². The molecular formula is C13H19NO3S. The van der Waals surface area contributed by atoms with Crippen LogP contribution in [-0.4, -0.2) is 31.6 Å². The summed E-state index contributed by atoms with van der Waals surface area (Å²) in [5, 5.41) is 0. The first-order chi connectivity index (χ1) is 8.25. The van der Waals surface area contributed by atoms with Gasteiger partial charge >= 0.3 is 0 Å². The zero-order valence-electron chi connectivity index (χ0n) is 11.2. The van der Waals surface area contributed by atoms with Crippen molar-refractivity contribution in [2.45, 2.75) is 38.1 Å². The molecule has 1 fully saturated rings. The fourth-order valence-corrected chi connectivity index (χ4v) is 4.09. The summed E-state index contributed by atoms with van der Waals surface area (Å²) in [6.07, 6.45) is 0. The third-order valence-electron chi connectivity index (χ3n) is 3.24. The van der Waals surface area contributed by atoms with E-state index in [2.05, 4.69) is 0 Å². The van der Waals surface area contributed by atoms with E-state index in [-0.39, 0.29) is 6.73 Å². The standard InChI is InChI=1S/C13H19NO3S/c1-10-5-6-12(11(2)7-10)18(15,16)14-9-17-8-13(14,3)4/h5-7H,8-9H2,1-4H3.